The lowest BCUT2D eigenvalue weighted by Crippen LogP contribution is -2.57. The fraction of sp³-hybridized carbons (Fsp3) is 0.500. The Labute approximate surface area is 166 Å². The molecule has 0 aliphatic heterocycles. The molecule has 3 aliphatic rings. The lowest BCUT2D eigenvalue weighted by atomic mass is 9.87. The summed E-state index contributed by atoms with van der Waals surface area (Å²) in [5, 5.41) is 10.6. The van der Waals surface area contributed by atoms with E-state index in [1.54, 1.807) is 6.92 Å². The Morgan fingerprint density at radius 2 is 2.03 bits per heavy atom. The van der Waals surface area contributed by atoms with E-state index >= 15 is 4.39 Å². The molecule has 0 amide bonds. The molecule has 3 unspecified atom stereocenters. The number of aromatic amines is 1. The maximum absolute atomic E-state index is 15.2. The van der Waals surface area contributed by atoms with Gasteiger partial charge in [-0.1, -0.05) is 0 Å². The Hall–Kier alpha value is -2.13. The topological polar surface area (TPSA) is 75.1 Å². The van der Waals surface area contributed by atoms with E-state index in [2.05, 4.69) is 4.98 Å². The van der Waals surface area contributed by atoms with Crippen molar-refractivity contribution in [1.82, 2.24) is 9.55 Å². The van der Waals surface area contributed by atoms with E-state index in [1.165, 1.54) is 28.0 Å². The van der Waals surface area contributed by atoms with Gasteiger partial charge in [0.25, 0.3) is 11.5 Å². The largest absolute Gasteiger partial charge is 0.382 e. The van der Waals surface area contributed by atoms with Crippen LogP contribution in [0.3, 0.4) is 0 Å². The Bertz CT molecular complexity index is 1260. The number of aromatic nitrogens is 2. The highest BCUT2D eigenvalue weighted by atomic mass is 32.1. The molecule has 2 heterocycles. The first-order valence-corrected chi connectivity index (χ1v) is 10.4. The number of hydrogen-bond acceptors (Lipinski definition) is 4. The van der Waals surface area contributed by atoms with Gasteiger partial charge in [0.15, 0.2) is 0 Å². The number of rotatable bonds is 2. The number of hydrogen-bond donors (Lipinski definition) is 2. The van der Waals surface area contributed by atoms with Gasteiger partial charge >= 0.3 is 5.69 Å². The van der Waals surface area contributed by atoms with Gasteiger partial charge in [-0.15, -0.1) is 11.3 Å². The first-order valence-electron chi connectivity index (χ1n) is 9.59. The van der Waals surface area contributed by atoms with E-state index < -0.39 is 41.8 Å². The van der Waals surface area contributed by atoms with E-state index in [4.69, 9.17) is 0 Å². The summed E-state index contributed by atoms with van der Waals surface area (Å²) in [4.78, 5) is 28.1. The van der Waals surface area contributed by atoms with E-state index in [0.717, 1.165) is 12.8 Å². The average Bonchev–Trinajstić information content (AvgIpc) is 3.39. The van der Waals surface area contributed by atoms with Crippen molar-refractivity contribution in [3.63, 3.8) is 0 Å². The molecule has 154 valence electrons. The molecule has 0 aromatic carbocycles. The minimum atomic E-state index is -3.20. The number of aryl methyl sites for hydroxylation is 1. The summed E-state index contributed by atoms with van der Waals surface area (Å²) in [6.07, 6.45) is -0.922. The van der Waals surface area contributed by atoms with Gasteiger partial charge in [0, 0.05) is 27.8 Å². The molecule has 9 heteroatoms. The van der Waals surface area contributed by atoms with Crippen molar-refractivity contribution in [2.75, 3.05) is 0 Å². The number of nitrogens with zero attached hydrogens (tertiary/aromatic N) is 1. The molecule has 29 heavy (non-hydrogen) atoms. The molecule has 3 atom stereocenters. The molecule has 0 spiro atoms. The minimum Gasteiger partial charge on any atom is -0.382 e. The average molecular weight is 424 g/mol. The minimum absolute atomic E-state index is 0.0229. The maximum atomic E-state index is 15.2. The number of nitrogens with one attached hydrogen (secondary N) is 1. The molecule has 5 nitrogen and oxygen atoms in total. The van der Waals surface area contributed by atoms with E-state index in [-0.39, 0.29) is 23.2 Å². The summed E-state index contributed by atoms with van der Waals surface area (Å²) >= 11 is 1.22. The van der Waals surface area contributed by atoms with E-state index in [9.17, 15) is 23.5 Å². The summed E-state index contributed by atoms with van der Waals surface area (Å²) in [7, 11) is 0. The predicted molar refractivity (Wildman–Crippen MR) is 103 cm³/mol. The molecule has 0 radical (unpaired) electrons. The number of fused-ring (bicyclic) bond motifs is 2. The molecule has 5 rings (SSSR count). The van der Waals surface area contributed by atoms with Crippen LogP contribution in [-0.2, 0) is 6.42 Å². The van der Waals surface area contributed by atoms with Gasteiger partial charge in [0.05, 0.1) is 16.5 Å². The van der Waals surface area contributed by atoms with Crippen LogP contribution in [0.25, 0.3) is 11.6 Å². The predicted octanol–water partition coefficient (Wildman–Crippen LogP) is 1.63. The number of H-pyrrole nitrogens is 1. The zero-order valence-electron chi connectivity index (χ0n) is 15.5. The van der Waals surface area contributed by atoms with Gasteiger partial charge in [-0.2, -0.15) is 0 Å². The lowest BCUT2D eigenvalue weighted by molar-refractivity contribution is -0.121. The molecule has 0 saturated heterocycles. The van der Waals surface area contributed by atoms with Gasteiger partial charge in [0.2, 0.25) is 0 Å². The summed E-state index contributed by atoms with van der Waals surface area (Å²) in [6, 6.07) is 1.44. The Kier molecular flexibility index (Phi) is 4.02. The second kappa shape index (κ2) is 6.18. The Morgan fingerprint density at radius 3 is 2.72 bits per heavy atom. The van der Waals surface area contributed by atoms with Crippen LogP contribution in [0.15, 0.2) is 15.7 Å². The SMILES string of the molecule is CC1=c2c(c(=O)[nH]c(=O)n2C2CC2)=CC(F)C1c1cc2c(s1)CCC(F)(F)C2O. The summed E-state index contributed by atoms with van der Waals surface area (Å²) in [5.41, 5.74) is -0.453. The van der Waals surface area contributed by atoms with E-state index in [1.807, 2.05) is 0 Å². The van der Waals surface area contributed by atoms with Crippen molar-refractivity contribution < 1.29 is 18.3 Å². The molecule has 2 aromatic rings. The standard InChI is InChI=1S/C20H19F3N2O3S/c1-8-15(14-7-10-13(29-14)4-5-20(22,23)17(10)26)12(21)6-11-16(8)25(9-2-3-9)19(28)24-18(11)27/h6-7,9,12,15,17,26H,2-5H2,1H3,(H,24,27,28). The van der Waals surface area contributed by atoms with Crippen molar-refractivity contribution in [2.45, 2.75) is 62.8 Å². The molecule has 1 fully saturated rings. The van der Waals surface area contributed by atoms with Gasteiger partial charge in [-0.25, -0.2) is 18.0 Å². The maximum Gasteiger partial charge on any atom is 0.329 e. The van der Waals surface area contributed by atoms with Crippen molar-refractivity contribution in [3.05, 3.63) is 52.8 Å². The van der Waals surface area contributed by atoms with Crippen molar-refractivity contribution in [3.8, 4) is 0 Å². The number of aliphatic hydroxyl groups excluding tert-OH is 1. The highest BCUT2D eigenvalue weighted by Gasteiger charge is 2.45. The van der Waals surface area contributed by atoms with Gasteiger partial charge in [-0.05, 0) is 43.9 Å². The molecule has 0 bridgehead atoms. The quantitative estimate of drug-likeness (QED) is 0.770. The van der Waals surface area contributed by atoms with Crippen molar-refractivity contribution >= 4 is 23.0 Å². The molecule has 3 aliphatic carbocycles. The van der Waals surface area contributed by atoms with Crippen LogP contribution in [-0.4, -0.2) is 26.8 Å². The van der Waals surface area contributed by atoms with Crippen LogP contribution in [0.5, 0.6) is 0 Å². The van der Waals surface area contributed by atoms with Crippen LogP contribution >= 0.6 is 11.3 Å². The highest BCUT2D eigenvalue weighted by Crippen LogP contribution is 2.47. The number of alkyl halides is 3. The van der Waals surface area contributed by atoms with Crippen molar-refractivity contribution in [1.29, 1.82) is 0 Å². The van der Waals surface area contributed by atoms with Gasteiger partial charge < -0.3 is 5.11 Å². The molecule has 1 saturated carbocycles. The molecular formula is C20H19F3N2O3S. The first-order chi connectivity index (χ1) is 13.7. The van der Waals surface area contributed by atoms with E-state index in [0.29, 0.717) is 20.7 Å². The lowest BCUT2D eigenvalue weighted by Gasteiger charge is -2.27. The van der Waals surface area contributed by atoms with Crippen LogP contribution in [0.4, 0.5) is 13.2 Å². The van der Waals surface area contributed by atoms with Crippen molar-refractivity contribution in [2.24, 2.45) is 0 Å². The highest BCUT2D eigenvalue weighted by molar-refractivity contribution is 7.12. The molecular weight excluding hydrogens is 405 g/mol. The molecule has 2 N–H and O–H groups in total. The third-order valence-electron chi connectivity index (χ3n) is 6.12. The van der Waals surface area contributed by atoms with Crippen LogP contribution < -0.4 is 21.8 Å². The zero-order chi connectivity index (χ0) is 20.7. The summed E-state index contributed by atoms with van der Waals surface area (Å²) < 4.78 is 44.5. The smallest absolute Gasteiger partial charge is 0.329 e. The second-order valence-corrected chi connectivity index (χ2v) is 9.25. The third-order valence-corrected chi connectivity index (χ3v) is 7.42. The Balaban J connectivity index is 1.72. The molecule has 2 aromatic heterocycles. The first kappa shape index (κ1) is 18.9. The fourth-order valence-electron chi connectivity index (χ4n) is 4.50. The monoisotopic (exact) mass is 424 g/mol. The second-order valence-electron chi connectivity index (χ2n) is 8.09. The summed E-state index contributed by atoms with van der Waals surface area (Å²) in [5.74, 6) is -3.99. The number of thiophene rings is 1. The Morgan fingerprint density at radius 1 is 1.31 bits per heavy atom. The zero-order valence-corrected chi connectivity index (χ0v) is 16.4. The fourth-order valence-corrected chi connectivity index (χ4v) is 5.90. The number of aliphatic hydroxyl groups is 1. The normalized spacial score (nSPS) is 27.9. The van der Waals surface area contributed by atoms with Gasteiger partial charge in [0.1, 0.15) is 12.3 Å². The van der Waals surface area contributed by atoms with Crippen LogP contribution in [0, 0.1) is 0 Å². The van der Waals surface area contributed by atoms with Gasteiger partial charge in [-0.3, -0.25) is 14.3 Å². The third kappa shape index (κ3) is 2.78. The van der Waals surface area contributed by atoms with Crippen LogP contribution in [0.2, 0.25) is 0 Å². The number of halogens is 3. The summed E-state index contributed by atoms with van der Waals surface area (Å²) in [6.45, 7) is 1.69. The van der Waals surface area contributed by atoms with Crippen LogP contribution in [0.1, 0.15) is 59.6 Å².